The molecule has 142 valence electrons. The average molecular weight is 472 g/mol. The Balaban J connectivity index is 0.00000338. The summed E-state index contributed by atoms with van der Waals surface area (Å²) in [7, 11) is 4.97. The molecule has 0 aliphatic rings. The van der Waals surface area contributed by atoms with Crippen LogP contribution in [0.5, 0.6) is 17.4 Å². The Hall–Kier alpha value is -2.23. The average Bonchev–Trinajstić information content (AvgIpc) is 2.68. The van der Waals surface area contributed by atoms with Crippen LogP contribution in [0.3, 0.4) is 0 Å². The van der Waals surface area contributed by atoms with Crippen molar-refractivity contribution in [2.24, 2.45) is 4.99 Å². The summed E-state index contributed by atoms with van der Waals surface area (Å²) in [6.45, 7) is 1.78. The largest absolute Gasteiger partial charge is 0.497 e. The molecule has 0 saturated carbocycles. The lowest BCUT2D eigenvalue weighted by atomic mass is 10.2. The highest BCUT2D eigenvalue weighted by atomic mass is 127. The van der Waals surface area contributed by atoms with E-state index in [9.17, 15) is 0 Å². The number of rotatable bonds is 8. The summed E-state index contributed by atoms with van der Waals surface area (Å²) < 4.78 is 15.9. The van der Waals surface area contributed by atoms with E-state index in [1.54, 1.807) is 27.5 Å². The molecular weight excluding hydrogens is 447 g/mol. The molecule has 0 radical (unpaired) electrons. The van der Waals surface area contributed by atoms with Crippen LogP contribution in [0.4, 0.5) is 0 Å². The van der Waals surface area contributed by atoms with Gasteiger partial charge < -0.3 is 24.8 Å². The molecule has 2 N–H and O–H groups in total. The number of halogens is 1. The van der Waals surface area contributed by atoms with Gasteiger partial charge in [-0.2, -0.15) is 0 Å². The normalized spacial score (nSPS) is 10.5. The molecule has 0 aliphatic heterocycles. The Kier molecular flexibility index (Phi) is 10.2. The fourth-order valence-electron chi connectivity index (χ4n) is 2.09. The van der Waals surface area contributed by atoms with Gasteiger partial charge in [0.2, 0.25) is 5.88 Å². The number of aromatic nitrogens is 1. The standard InChI is InChI=1S/C18H24N4O3.HI/c1-19-18(22-13-14-8-9-20-17(12-14)24-3)21-10-11-25-16-6-4-15(23-2)5-7-16;/h4-9,12H,10-11,13H2,1-3H3,(H2,19,21,22);1H. The molecule has 1 aromatic carbocycles. The van der Waals surface area contributed by atoms with Gasteiger partial charge in [-0.25, -0.2) is 4.98 Å². The van der Waals surface area contributed by atoms with Crippen molar-refractivity contribution in [1.82, 2.24) is 15.6 Å². The van der Waals surface area contributed by atoms with E-state index in [0.717, 1.165) is 17.1 Å². The van der Waals surface area contributed by atoms with Crippen LogP contribution >= 0.6 is 24.0 Å². The van der Waals surface area contributed by atoms with Crippen LogP contribution in [0.25, 0.3) is 0 Å². The van der Waals surface area contributed by atoms with Crippen molar-refractivity contribution >= 4 is 29.9 Å². The van der Waals surface area contributed by atoms with E-state index >= 15 is 0 Å². The first-order valence-corrected chi connectivity index (χ1v) is 7.95. The number of hydrogen-bond acceptors (Lipinski definition) is 5. The van der Waals surface area contributed by atoms with Gasteiger partial charge in [0, 0.05) is 25.9 Å². The topological polar surface area (TPSA) is 77.0 Å². The van der Waals surface area contributed by atoms with E-state index < -0.39 is 0 Å². The number of benzene rings is 1. The number of guanidine groups is 1. The number of nitrogens with zero attached hydrogens (tertiary/aromatic N) is 2. The predicted molar refractivity (Wildman–Crippen MR) is 113 cm³/mol. The van der Waals surface area contributed by atoms with Crippen LogP contribution in [0, 0.1) is 0 Å². The highest BCUT2D eigenvalue weighted by Crippen LogP contribution is 2.16. The number of pyridine rings is 1. The minimum Gasteiger partial charge on any atom is -0.497 e. The van der Waals surface area contributed by atoms with Gasteiger partial charge in [0.15, 0.2) is 5.96 Å². The van der Waals surface area contributed by atoms with Crippen molar-refractivity contribution in [3.05, 3.63) is 48.2 Å². The molecule has 1 heterocycles. The smallest absolute Gasteiger partial charge is 0.213 e. The van der Waals surface area contributed by atoms with Crippen LogP contribution in [0.2, 0.25) is 0 Å². The molecule has 7 nitrogen and oxygen atoms in total. The second kappa shape index (κ2) is 12.2. The van der Waals surface area contributed by atoms with Crippen molar-refractivity contribution in [2.45, 2.75) is 6.54 Å². The zero-order chi connectivity index (χ0) is 17.9. The van der Waals surface area contributed by atoms with Crippen molar-refractivity contribution in [3.63, 3.8) is 0 Å². The van der Waals surface area contributed by atoms with Gasteiger partial charge in [0.1, 0.15) is 18.1 Å². The molecule has 8 heteroatoms. The van der Waals surface area contributed by atoms with Gasteiger partial charge >= 0.3 is 0 Å². The number of hydrogen-bond donors (Lipinski definition) is 2. The summed E-state index contributed by atoms with van der Waals surface area (Å²) in [5.74, 6) is 2.90. The lowest BCUT2D eigenvalue weighted by molar-refractivity contribution is 0.321. The van der Waals surface area contributed by atoms with Crippen LogP contribution in [0.1, 0.15) is 5.56 Å². The highest BCUT2D eigenvalue weighted by Gasteiger charge is 2.01. The van der Waals surface area contributed by atoms with Gasteiger partial charge in [0.05, 0.1) is 20.8 Å². The number of ether oxygens (including phenoxy) is 3. The summed E-state index contributed by atoms with van der Waals surface area (Å²) in [5.41, 5.74) is 1.06. The van der Waals surface area contributed by atoms with E-state index in [-0.39, 0.29) is 24.0 Å². The molecule has 1 aromatic heterocycles. The van der Waals surface area contributed by atoms with Crippen molar-refractivity contribution in [3.8, 4) is 17.4 Å². The molecule has 2 rings (SSSR count). The molecule has 0 saturated heterocycles. The monoisotopic (exact) mass is 472 g/mol. The third-order valence-corrected chi connectivity index (χ3v) is 3.41. The molecule has 0 atom stereocenters. The van der Waals surface area contributed by atoms with Gasteiger partial charge in [0.25, 0.3) is 0 Å². The van der Waals surface area contributed by atoms with Crippen molar-refractivity contribution in [1.29, 1.82) is 0 Å². The Morgan fingerprint density at radius 1 is 1.04 bits per heavy atom. The quantitative estimate of drug-likeness (QED) is 0.266. The van der Waals surface area contributed by atoms with E-state index in [0.29, 0.717) is 31.5 Å². The Bertz CT molecular complexity index is 680. The molecule has 0 unspecified atom stereocenters. The lowest BCUT2D eigenvalue weighted by Crippen LogP contribution is -2.38. The molecule has 26 heavy (non-hydrogen) atoms. The molecule has 0 spiro atoms. The van der Waals surface area contributed by atoms with E-state index in [4.69, 9.17) is 14.2 Å². The minimum absolute atomic E-state index is 0. The first-order valence-electron chi connectivity index (χ1n) is 7.95. The third-order valence-electron chi connectivity index (χ3n) is 3.41. The fraction of sp³-hybridized carbons (Fsp3) is 0.333. The van der Waals surface area contributed by atoms with Crippen LogP contribution in [0.15, 0.2) is 47.6 Å². The van der Waals surface area contributed by atoms with E-state index in [1.807, 2.05) is 36.4 Å². The van der Waals surface area contributed by atoms with Gasteiger partial charge in [-0.05, 0) is 35.9 Å². The van der Waals surface area contributed by atoms with Crippen molar-refractivity contribution < 1.29 is 14.2 Å². The summed E-state index contributed by atoms with van der Waals surface area (Å²) in [5, 5.41) is 6.44. The molecule has 0 fully saturated rings. The second-order valence-corrected chi connectivity index (χ2v) is 5.08. The second-order valence-electron chi connectivity index (χ2n) is 5.08. The number of aliphatic imine (C=N–C) groups is 1. The third kappa shape index (κ3) is 7.34. The first kappa shape index (κ1) is 21.8. The van der Waals surface area contributed by atoms with Gasteiger partial charge in [-0.1, -0.05) is 0 Å². The Morgan fingerprint density at radius 3 is 2.42 bits per heavy atom. The van der Waals surface area contributed by atoms with Gasteiger partial charge in [-0.15, -0.1) is 24.0 Å². The molecule has 0 bridgehead atoms. The Labute approximate surface area is 171 Å². The summed E-state index contributed by atoms with van der Waals surface area (Å²) >= 11 is 0. The fourth-order valence-corrected chi connectivity index (χ4v) is 2.09. The molecule has 0 aliphatic carbocycles. The maximum absolute atomic E-state index is 5.67. The maximum atomic E-state index is 5.67. The van der Waals surface area contributed by atoms with Crippen LogP contribution in [-0.2, 0) is 6.54 Å². The SMILES string of the molecule is CN=C(NCCOc1ccc(OC)cc1)NCc1ccnc(OC)c1.I. The molecule has 2 aromatic rings. The Morgan fingerprint density at radius 2 is 1.77 bits per heavy atom. The first-order chi connectivity index (χ1) is 12.2. The van der Waals surface area contributed by atoms with Crippen molar-refractivity contribution in [2.75, 3.05) is 34.4 Å². The maximum Gasteiger partial charge on any atom is 0.213 e. The van der Waals surface area contributed by atoms with Gasteiger partial charge in [-0.3, -0.25) is 4.99 Å². The minimum atomic E-state index is 0. The van der Waals surface area contributed by atoms with Crippen LogP contribution < -0.4 is 24.8 Å². The molecule has 0 amide bonds. The summed E-state index contributed by atoms with van der Waals surface area (Å²) in [6.07, 6.45) is 1.72. The zero-order valence-corrected chi connectivity index (χ0v) is 17.5. The summed E-state index contributed by atoms with van der Waals surface area (Å²) in [4.78, 5) is 8.27. The zero-order valence-electron chi connectivity index (χ0n) is 15.2. The number of nitrogens with one attached hydrogen (secondary N) is 2. The van der Waals surface area contributed by atoms with E-state index in [2.05, 4.69) is 20.6 Å². The highest BCUT2D eigenvalue weighted by molar-refractivity contribution is 14.0. The van der Waals surface area contributed by atoms with Crippen LogP contribution in [-0.4, -0.2) is 45.4 Å². The predicted octanol–water partition coefficient (Wildman–Crippen LogP) is 2.46. The lowest BCUT2D eigenvalue weighted by Gasteiger charge is -2.13. The number of methoxy groups -OCH3 is 2. The van der Waals surface area contributed by atoms with E-state index in [1.165, 1.54) is 0 Å². The molecular formula is C18H25IN4O3. The summed E-state index contributed by atoms with van der Waals surface area (Å²) in [6, 6.07) is 11.3.